The Bertz CT molecular complexity index is 1330. The number of nitrogens with one attached hydrogen (secondary N) is 1. The number of amides is 3. The molecular formula is C35H48BrN3O7. The molecule has 252 valence electrons. The van der Waals surface area contributed by atoms with Crippen LogP contribution < -0.4 is 10.2 Å². The second kappa shape index (κ2) is 14.8. The van der Waals surface area contributed by atoms with Gasteiger partial charge in [-0.15, -0.1) is 13.2 Å². The summed E-state index contributed by atoms with van der Waals surface area (Å²) in [6.45, 7) is 16.9. The van der Waals surface area contributed by atoms with Crippen LogP contribution in [0.15, 0.2) is 43.5 Å². The third-order valence-corrected chi connectivity index (χ3v) is 10.7. The van der Waals surface area contributed by atoms with E-state index in [1.54, 1.807) is 24.0 Å². The quantitative estimate of drug-likeness (QED) is 0.161. The number of carbonyl (C=O) groups is 4. The standard InChI is InChI=1S/C35H48BrN3O7/c1-8-11-15-26(41)37-18-23(7)45-34(44)27-28-32(42)39(25(19-40)20(4)10-3)31(35(28)17-24(36)30(27)46-35)33(43)38(16-9-2)29-21(5)13-12-14-22(29)6/h8-9,12-14,20,23-25,27-28,30-31,40H,1-2,10-11,15-19H2,3-7H3,(H,37,41)/t20-,23-,24?,25-,27-,28+,30-,31-,35+/m0/s1. The molecule has 3 aliphatic rings. The zero-order valence-corrected chi connectivity index (χ0v) is 29.1. The van der Waals surface area contributed by atoms with Crippen molar-refractivity contribution in [1.29, 1.82) is 0 Å². The number of carbonyl (C=O) groups excluding carboxylic acids is 4. The second-order valence-electron chi connectivity index (χ2n) is 12.9. The SMILES string of the molecule is C=CCCC(=O)NC[C@H](C)OC(=O)[C@@H]1[C@H]2O[C@@]3(CC2Br)[C@H](C(=O)N(CC=C)c2c(C)cccc2C)N([C@@H](CO)[C@@H](C)CC)C(=O)[C@@H]13. The van der Waals surface area contributed by atoms with Crippen LogP contribution in [0.4, 0.5) is 5.69 Å². The van der Waals surface area contributed by atoms with Gasteiger partial charge in [0, 0.05) is 23.5 Å². The number of anilines is 1. The number of rotatable bonds is 15. The van der Waals surface area contributed by atoms with Crippen LogP contribution in [-0.4, -0.2) is 88.1 Å². The number of aryl methyl sites for hydroxylation is 2. The molecule has 3 aliphatic heterocycles. The number of alkyl halides is 1. The molecule has 2 bridgehead atoms. The van der Waals surface area contributed by atoms with Crippen LogP contribution in [0, 0.1) is 31.6 Å². The average Bonchev–Trinajstić information content (AvgIpc) is 3.61. The van der Waals surface area contributed by atoms with E-state index in [1.165, 1.54) is 4.90 Å². The molecule has 1 aromatic carbocycles. The minimum absolute atomic E-state index is 0.113. The number of benzene rings is 1. The summed E-state index contributed by atoms with van der Waals surface area (Å²) < 4.78 is 12.5. The highest BCUT2D eigenvalue weighted by Crippen LogP contribution is 2.61. The first kappa shape index (κ1) is 35.8. The highest BCUT2D eigenvalue weighted by atomic mass is 79.9. The molecule has 0 aromatic heterocycles. The van der Waals surface area contributed by atoms with Gasteiger partial charge in [-0.25, -0.2) is 0 Å². The maximum atomic E-state index is 15.0. The highest BCUT2D eigenvalue weighted by Gasteiger charge is 2.77. The molecule has 11 heteroatoms. The van der Waals surface area contributed by atoms with Crippen molar-refractivity contribution >= 4 is 45.3 Å². The fourth-order valence-corrected chi connectivity index (χ4v) is 8.43. The number of ether oxygens (including phenoxy) is 2. The van der Waals surface area contributed by atoms with Crippen molar-refractivity contribution < 1.29 is 33.8 Å². The number of halogens is 1. The summed E-state index contributed by atoms with van der Waals surface area (Å²) in [6.07, 6.45) is 3.76. The largest absolute Gasteiger partial charge is 0.460 e. The number of aliphatic hydroxyl groups excluding tert-OH is 1. The molecule has 10 nitrogen and oxygen atoms in total. The van der Waals surface area contributed by atoms with Crippen LogP contribution >= 0.6 is 15.9 Å². The lowest BCUT2D eigenvalue weighted by Gasteiger charge is -2.41. The Hall–Kier alpha value is -3.02. The molecule has 3 amide bonds. The summed E-state index contributed by atoms with van der Waals surface area (Å²) in [6, 6.07) is 4.02. The van der Waals surface area contributed by atoms with Gasteiger partial charge in [0.05, 0.1) is 37.1 Å². The van der Waals surface area contributed by atoms with E-state index in [4.69, 9.17) is 9.47 Å². The van der Waals surface area contributed by atoms with Crippen LogP contribution in [0.5, 0.6) is 0 Å². The van der Waals surface area contributed by atoms with Gasteiger partial charge < -0.3 is 29.7 Å². The topological polar surface area (TPSA) is 125 Å². The average molecular weight is 703 g/mol. The van der Waals surface area contributed by atoms with Gasteiger partial charge in [-0.1, -0.05) is 66.5 Å². The molecule has 2 N–H and O–H groups in total. The molecule has 3 fully saturated rings. The van der Waals surface area contributed by atoms with Crippen LogP contribution in [0.25, 0.3) is 0 Å². The fraction of sp³-hybridized carbons (Fsp3) is 0.600. The first-order chi connectivity index (χ1) is 21.9. The van der Waals surface area contributed by atoms with E-state index >= 15 is 0 Å². The predicted octanol–water partition coefficient (Wildman–Crippen LogP) is 3.99. The van der Waals surface area contributed by atoms with Gasteiger partial charge in [-0.2, -0.15) is 0 Å². The third kappa shape index (κ3) is 6.42. The van der Waals surface area contributed by atoms with Gasteiger partial charge in [0.1, 0.15) is 17.7 Å². The number of aliphatic hydroxyl groups is 1. The summed E-state index contributed by atoms with van der Waals surface area (Å²) in [5, 5.41) is 13.4. The van der Waals surface area contributed by atoms with Crippen molar-refractivity contribution in [1.82, 2.24) is 10.2 Å². The van der Waals surface area contributed by atoms with Crippen molar-refractivity contribution in [3.8, 4) is 0 Å². The Kier molecular flexibility index (Phi) is 11.5. The van der Waals surface area contributed by atoms with E-state index in [0.29, 0.717) is 19.3 Å². The Morgan fingerprint density at radius 3 is 2.50 bits per heavy atom. The van der Waals surface area contributed by atoms with Crippen molar-refractivity contribution in [2.45, 2.75) is 95.0 Å². The lowest BCUT2D eigenvalue weighted by atomic mass is 9.70. The fourth-order valence-electron chi connectivity index (χ4n) is 7.48. The Labute approximate surface area is 280 Å². The van der Waals surface area contributed by atoms with E-state index in [9.17, 15) is 24.3 Å². The summed E-state index contributed by atoms with van der Waals surface area (Å²) in [7, 11) is 0. The molecule has 0 aliphatic carbocycles. The number of nitrogens with zero attached hydrogens (tertiary/aromatic N) is 2. The van der Waals surface area contributed by atoms with Gasteiger partial charge in [0.25, 0.3) is 5.91 Å². The van der Waals surface area contributed by atoms with Gasteiger partial charge in [0.2, 0.25) is 11.8 Å². The minimum atomic E-state index is -1.32. The molecule has 46 heavy (non-hydrogen) atoms. The van der Waals surface area contributed by atoms with Crippen LogP contribution in [0.3, 0.4) is 0 Å². The number of hydrogen-bond acceptors (Lipinski definition) is 7. The molecule has 0 saturated carbocycles. The summed E-state index contributed by atoms with van der Waals surface area (Å²) >= 11 is 3.71. The van der Waals surface area contributed by atoms with Gasteiger partial charge in [0.15, 0.2) is 0 Å². The monoisotopic (exact) mass is 701 g/mol. The Balaban J connectivity index is 1.74. The van der Waals surface area contributed by atoms with E-state index in [0.717, 1.165) is 16.8 Å². The van der Waals surface area contributed by atoms with Gasteiger partial charge >= 0.3 is 5.97 Å². The first-order valence-corrected chi connectivity index (χ1v) is 17.1. The number of hydrogen-bond donors (Lipinski definition) is 2. The lowest BCUT2D eigenvalue weighted by Crippen LogP contribution is -2.60. The number of fused-ring (bicyclic) bond motifs is 1. The molecule has 4 rings (SSSR count). The lowest BCUT2D eigenvalue weighted by molar-refractivity contribution is -0.160. The first-order valence-electron chi connectivity index (χ1n) is 16.2. The molecule has 9 atom stereocenters. The van der Waals surface area contributed by atoms with Crippen molar-refractivity contribution in [2.75, 3.05) is 24.6 Å². The predicted molar refractivity (Wildman–Crippen MR) is 179 cm³/mol. The normalized spacial score (nSPS) is 28.3. The number of para-hydroxylation sites is 1. The summed E-state index contributed by atoms with van der Waals surface area (Å²) in [4.78, 5) is 58.4. The summed E-state index contributed by atoms with van der Waals surface area (Å²) in [5.74, 6) is -3.64. The Morgan fingerprint density at radius 1 is 1.24 bits per heavy atom. The number of esters is 1. The molecule has 3 heterocycles. The van der Waals surface area contributed by atoms with E-state index in [2.05, 4.69) is 34.4 Å². The third-order valence-electron chi connectivity index (χ3n) is 9.84. The minimum Gasteiger partial charge on any atom is -0.460 e. The number of likely N-dealkylation sites (tertiary alicyclic amines) is 1. The van der Waals surface area contributed by atoms with Gasteiger partial charge in [-0.05, 0) is 50.7 Å². The van der Waals surface area contributed by atoms with Crippen molar-refractivity contribution in [3.63, 3.8) is 0 Å². The van der Waals surface area contributed by atoms with E-state index in [-0.39, 0.29) is 48.7 Å². The zero-order valence-electron chi connectivity index (χ0n) is 27.5. The molecular weight excluding hydrogens is 654 g/mol. The van der Waals surface area contributed by atoms with Crippen LogP contribution in [-0.2, 0) is 28.7 Å². The van der Waals surface area contributed by atoms with Gasteiger partial charge in [-0.3, -0.25) is 19.2 Å². The zero-order chi connectivity index (χ0) is 33.9. The van der Waals surface area contributed by atoms with E-state index in [1.807, 2.05) is 45.9 Å². The van der Waals surface area contributed by atoms with Crippen LogP contribution in [0.1, 0.15) is 57.6 Å². The highest BCUT2D eigenvalue weighted by molar-refractivity contribution is 9.09. The summed E-state index contributed by atoms with van der Waals surface area (Å²) in [5.41, 5.74) is 1.19. The number of allylic oxidation sites excluding steroid dienone is 1. The van der Waals surface area contributed by atoms with Crippen molar-refractivity contribution in [3.05, 3.63) is 54.6 Å². The van der Waals surface area contributed by atoms with Crippen LogP contribution in [0.2, 0.25) is 0 Å². The second-order valence-corrected chi connectivity index (χ2v) is 14.1. The Morgan fingerprint density at radius 2 is 1.91 bits per heavy atom. The maximum absolute atomic E-state index is 15.0. The molecule has 3 saturated heterocycles. The smallest absolute Gasteiger partial charge is 0.312 e. The molecule has 0 radical (unpaired) electrons. The molecule has 1 unspecified atom stereocenters. The van der Waals surface area contributed by atoms with E-state index < -0.39 is 53.6 Å². The maximum Gasteiger partial charge on any atom is 0.312 e. The molecule has 1 spiro atoms. The van der Waals surface area contributed by atoms with Crippen molar-refractivity contribution in [2.24, 2.45) is 17.8 Å². The molecule has 1 aromatic rings.